The number of hydrogen-bond donors (Lipinski definition) is 0. The van der Waals surface area contributed by atoms with Crippen molar-refractivity contribution in [1.82, 2.24) is 4.98 Å². The molecule has 0 saturated carbocycles. The maximum Gasteiger partial charge on any atom is 0.309 e. The molecule has 1 aromatic carbocycles. The summed E-state index contributed by atoms with van der Waals surface area (Å²) in [6, 6.07) is 11.7. The van der Waals surface area contributed by atoms with Gasteiger partial charge in [0.15, 0.2) is 0 Å². The first-order chi connectivity index (χ1) is 11.2. The van der Waals surface area contributed by atoms with Gasteiger partial charge in [0.1, 0.15) is 5.75 Å². The van der Waals surface area contributed by atoms with Crippen molar-refractivity contribution in [3.8, 4) is 5.75 Å². The topological polar surface area (TPSA) is 48.4 Å². The van der Waals surface area contributed by atoms with E-state index in [4.69, 9.17) is 4.74 Å². The first kappa shape index (κ1) is 16.5. The third kappa shape index (κ3) is 4.81. The van der Waals surface area contributed by atoms with E-state index in [0.29, 0.717) is 0 Å². The maximum absolute atomic E-state index is 11.1. The van der Waals surface area contributed by atoms with E-state index in [1.807, 2.05) is 54.7 Å². The molecule has 0 atom stereocenters. The number of methoxy groups -OCH3 is 2. The molecule has 0 bridgehead atoms. The lowest BCUT2D eigenvalue weighted by Crippen LogP contribution is -1.96. The molecule has 0 fully saturated rings. The number of carbonyl (C=O) groups excluding carboxylic acids is 1. The molecule has 0 unspecified atom stereocenters. The summed E-state index contributed by atoms with van der Waals surface area (Å²) >= 11 is 0. The molecule has 0 amide bonds. The number of ether oxygens (including phenoxy) is 2. The minimum absolute atomic E-state index is 0.246. The van der Waals surface area contributed by atoms with Gasteiger partial charge in [0, 0.05) is 18.0 Å². The number of nitrogens with zero attached hydrogens (tertiary/aromatic N) is 1. The molecule has 0 saturated heterocycles. The van der Waals surface area contributed by atoms with Crippen molar-refractivity contribution in [2.24, 2.45) is 0 Å². The number of aromatic nitrogens is 1. The van der Waals surface area contributed by atoms with Crippen molar-refractivity contribution in [3.05, 3.63) is 78.1 Å². The van der Waals surface area contributed by atoms with Crippen molar-refractivity contribution < 1.29 is 14.3 Å². The number of allylic oxidation sites excluding steroid dienone is 2. The molecule has 0 radical (unpaired) electrons. The van der Waals surface area contributed by atoms with Gasteiger partial charge in [0.05, 0.1) is 20.6 Å². The molecule has 23 heavy (non-hydrogen) atoms. The Bertz CT molecular complexity index is 688. The summed E-state index contributed by atoms with van der Waals surface area (Å²) < 4.78 is 9.81. The molecule has 1 heterocycles. The lowest BCUT2D eigenvalue weighted by Gasteiger charge is -2.08. The van der Waals surface area contributed by atoms with Gasteiger partial charge in [-0.15, -0.1) is 0 Å². The molecule has 2 rings (SSSR count). The van der Waals surface area contributed by atoms with Gasteiger partial charge in [0.25, 0.3) is 0 Å². The van der Waals surface area contributed by atoms with Gasteiger partial charge in [-0.2, -0.15) is 0 Å². The zero-order valence-electron chi connectivity index (χ0n) is 13.2. The fourth-order valence-corrected chi connectivity index (χ4v) is 2.06. The average Bonchev–Trinajstić information content (AvgIpc) is 2.62. The van der Waals surface area contributed by atoms with E-state index >= 15 is 0 Å². The first-order valence-electron chi connectivity index (χ1n) is 7.23. The third-order valence-electron chi connectivity index (χ3n) is 3.28. The van der Waals surface area contributed by atoms with Crippen molar-refractivity contribution in [2.45, 2.75) is 6.42 Å². The second-order valence-corrected chi connectivity index (χ2v) is 4.76. The molecule has 2 aromatic rings. The van der Waals surface area contributed by atoms with Crippen LogP contribution in [0.4, 0.5) is 0 Å². The fourth-order valence-electron chi connectivity index (χ4n) is 2.06. The summed E-state index contributed by atoms with van der Waals surface area (Å²) in [5.41, 5.74) is 3.06. The molecule has 0 N–H and O–H groups in total. The molecule has 4 heteroatoms. The molecule has 0 aliphatic carbocycles. The first-order valence-corrected chi connectivity index (χ1v) is 7.23. The van der Waals surface area contributed by atoms with Crippen LogP contribution in [0.15, 0.2) is 67.0 Å². The van der Waals surface area contributed by atoms with E-state index in [1.165, 1.54) is 7.11 Å². The molecule has 1 aromatic heterocycles. The van der Waals surface area contributed by atoms with Gasteiger partial charge in [-0.1, -0.05) is 36.4 Å². The highest BCUT2D eigenvalue weighted by atomic mass is 16.5. The van der Waals surface area contributed by atoms with Crippen LogP contribution in [0.2, 0.25) is 0 Å². The quantitative estimate of drug-likeness (QED) is 0.604. The lowest BCUT2D eigenvalue weighted by molar-refractivity contribution is -0.139. The van der Waals surface area contributed by atoms with Crippen LogP contribution in [0.25, 0.3) is 5.57 Å². The van der Waals surface area contributed by atoms with Gasteiger partial charge in [-0.25, -0.2) is 0 Å². The number of rotatable bonds is 6. The Kier molecular flexibility index (Phi) is 6.12. The van der Waals surface area contributed by atoms with Gasteiger partial charge in [-0.3, -0.25) is 9.78 Å². The van der Waals surface area contributed by atoms with Crippen LogP contribution in [0.3, 0.4) is 0 Å². The van der Waals surface area contributed by atoms with E-state index in [0.717, 1.165) is 22.4 Å². The van der Waals surface area contributed by atoms with E-state index in [2.05, 4.69) is 9.72 Å². The lowest BCUT2D eigenvalue weighted by atomic mass is 9.98. The molecular formula is C19H19NO3. The summed E-state index contributed by atoms with van der Waals surface area (Å²) in [5.74, 6) is 0.544. The molecule has 0 aliphatic rings. The number of esters is 1. The molecule has 0 spiro atoms. The van der Waals surface area contributed by atoms with Crippen LogP contribution in [0.1, 0.15) is 17.5 Å². The van der Waals surface area contributed by atoms with Gasteiger partial charge >= 0.3 is 5.97 Å². The smallest absolute Gasteiger partial charge is 0.309 e. The van der Waals surface area contributed by atoms with Crippen molar-refractivity contribution in [2.75, 3.05) is 14.2 Å². The second kappa shape index (κ2) is 8.54. The van der Waals surface area contributed by atoms with Crippen LogP contribution in [0.5, 0.6) is 5.75 Å². The standard InChI is InChI=1S/C19H19NO3/c1-22-17-11-9-15(10-12-17)18(16-6-5-13-20-14-16)7-3-4-8-19(21)23-2/h3-7,9-14H,8H2,1-2H3/b4-3+,18-7-. The Labute approximate surface area is 136 Å². The Morgan fingerprint density at radius 2 is 1.91 bits per heavy atom. The Balaban J connectivity index is 2.30. The van der Waals surface area contributed by atoms with Gasteiger partial charge in [0.2, 0.25) is 0 Å². The minimum Gasteiger partial charge on any atom is -0.497 e. The highest BCUT2D eigenvalue weighted by Crippen LogP contribution is 2.24. The van der Waals surface area contributed by atoms with Crippen LogP contribution in [-0.4, -0.2) is 25.2 Å². The monoisotopic (exact) mass is 309 g/mol. The highest BCUT2D eigenvalue weighted by molar-refractivity contribution is 5.80. The summed E-state index contributed by atoms with van der Waals surface area (Å²) in [6.07, 6.45) is 9.37. The minimum atomic E-state index is -0.262. The van der Waals surface area contributed by atoms with Crippen LogP contribution in [0, 0.1) is 0 Å². The van der Waals surface area contributed by atoms with E-state index in [9.17, 15) is 4.79 Å². The Morgan fingerprint density at radius 1 is 1.13 bits per heavy atom. The van der Waals surface area contributed by atoms with Crippen LogP contribution in [-0.2, 0) is 9.53 Å². The number of pyridine rings is 1. The van der Waals surface area contributed by atoms with Crippen LogP contribution >= 0.6 is 0 Å². The Hall–Kier alpha value is -2.88. The van der Waals surface area contributed by atoms with E-state index in [1.54, 1.807) is 19.4 Å². The second-order valence-electron chi connectivity index (χ2n) is 4.76. The zero-order valence-corrected chi connectivity index (χ0v) is 13.2. The van der Waals surface area contributed by atoms with E-state index < -0.39 is 0 Å². The largest absolute Gasteiger partial charge is 0.497 e. The third-order valence-corrected chi connectivity index (χ3v) is 3.28. The summed E-state index contributed by atoms with van der Waals surface area (Å²) in [7, 11) is 3.02. The number of benzene rings is 1. The predicted molar refractivity (Wildman–Crippen MR) is 90.1 cm³/mol. The molecule has 4 nitrogen and oxygen atoms in total. The van der Waals surface area contributed by atoms with Crippen molar-refractivity contribution in [1.29, 1.82) is 0 Å². The van der Waals surface area contributed by atoms with Crippen LogP contribution < -0.4 is 4.74 Å². The van der Waals surface area contributed by atoms with Crippen molar-refractivity contribution in [3.63, 3.8) is 0 Å². The van der Waals surface area contributed by atoms with Gasteiger partial charge in [-0.05, 0) is 29.3 Å². The Morgan fingerprint density at radius 3 is 2.52 bits per heavy atom. The summed E-state index contributed by atoms with van der Waals surface area (Å²) in [6.45, 7) is 0. The zero-order chi connectivity index (χ0) is 16.5. The number of hydrogen-bond acceptors (Lipinski definition) is 4. The molecular weight excluding hydrogens is 290 g/mol. The summed E-state index contributed by atoms with van der Waals surface area (Å²) in [4.78, 5) is 15.3. The van der Waals surface area contributed by atoms with E-state index in [-0.39, 0.29) is 12.4 Å². The average molecular weight is 309 g/mol. The van der Waals surface area contributed by atoms with Crippen molar-refractivity contribution >= 4 is 11.5 Å². The molecule has 0 aliphatic heterocycles. The summed E-state index contributed by atoms with van der Waals surface area (Å²) in [5, 5.41) is 0. The predicted octanol–water partition coefficient (Wildman–Crippen LogP) is 3.64. The normalized spacial score (nSPS) is 11.5. The fraction of sp³-hybridized carbons (Fsp3) is 0.158. The highest BCUT2D eigenvalue weighted by Gasteiger charge is 2.04. The molecule has 118 valence electrons. The van der Waals surface area contributed by atoms with Gasteiger partial charge < -0.3 is 9.47 Å². The maximum atomic E-state index is 11.1. The number of carbonyl (C=O) groups is 1. The SMILES string of the molecule is COC(=O)C/C=C/C=C(/c1ccc(OC)cc1)c1cccnc1.